The van der Waals surface area contributed by atoms with Gasteiger partial charge in [0.25, 0.3) is 11.8 Å². The van der Waals surface area contributed by atoms with E-state index < -0.39 is 5.60 Å². The number of hydrogen-bond acceptors (Lipinski definition) is 5. The smallest absolute Gasteiger partial charge is 0.274 e. The van der Waals surface area contributed by atoms with Gasteiger partial charge in [0.1, 0.15) is 5.69 Å². The highest BCUT2D eigenvalue weighted by Gasteiger charge is 2.48. The normalized spacial score (nSPS) is 23.0. The molecule has 1 unspecified atom stereocenters. The van der Waals surface area contributed by atoms with E-state index in [-0.39, 0.29) is 18.4 Å². The minimum absolute atomic E-state index is 0.0657. The summed E-state index contributed by atoms with van der Waals surface area (Å²) in [5, 5.41) is 0. The van der Waals surface area contributed by atoms with E-state index in [4.69, 9.17) is 4.74 Å². The first-order valence-electron chi connectivity index (χ1n) is 9.68. The Morgan fingerprint density at radius 1 is 1.14 bits per heavy atom. The molecule has 28 heavy (non-hydrogen) atoms. The summed E-state index contributed by atoms with van der Waals surface area (Å²) in [7, 11) is 0. The number of carbonyl (C=O) groups is 2. The average Bonchev–Trinajstić information content (AvgIpc) is 2.88. The Morgan fingerprint density at radius 2 is 1.96 bits per heavy atom. The van der Waals surface area contributed by atoms with E-state index in [2.05, 4.69) is 9.97 Å². The van der Waals surface area contributed by atoms with Crippen LogP contribution in [0, 0.1) is 6.92 Å². The summed E-state index contributed by atoms with van der Waals surface area (Å²) in [5.74, 6) is -0.272. The summed E-state index contributed by atoms with van der Waals surface area (Å²) >= 11 is 0. The van der Waals surface area contributed by atoms with Crippen LogP contribution in [0.5, 0.6) is 0 Å². The van der Waals surface area contributed by atoms with Crippen molar-refractivity contribution >= 4 is 17.5 Å². The molecule has 3 heterocycles. The lowest BCUT2D eigenvalue weighted by Crippen LogP contribution is -2.61. The maximum Gasteiger partial charge on any atom is 0.274 e. The van der Waals surface area contributed by atoms with Crippen LogP contribution in [0.4, 0.5) is 5.69 Å². The fourth-order valence-electron chi connectivity index (χ4n) is 3.96. The number of amides is 2. The molecule has 2 aliphatic heterocycles. The Morgan fingerprint density at radius 3 is 2.75 bits per heavy atom. The van der Waals surface area contributed by atoms with Gasteiger partial charge in [-0.1, -0.05) is 18.2 Å². The van der Waals surface area contributed by atoms with E-state index >= 15 is 0 Å². The van der Waals surface area contributed by atoms with E-state index in [1.54, 1.807) is 22.9 Å². The number of rotatable bonds is 2. The lowest BCUT2D eigenvalue weighted by Gasteiger charge is -2.42. The predicted molar refractivity (Wildman–Crippen MR) is 104 cm³/mol. The van der Waals surface area contributed by atoms with E-state index in [1.807, 2.05) is 30.3 Å². The molecular formula is C21H24N4O3. The Kier molecular flexibility index (Phi) is 5.09. The van der Waals surface area contributed by atoms with Gasteiger partial charge in [-0.15, -0.1) is 0 Å². The molecule has 0 radical (unpaired) electrons. The third-order valence-corrected chi connectivity index (χ3v) is 5.36. The summed E-state index contributed by atoms with van der Waals surface area (Å²) in [6.45, 7) is 3.47. The molecule has 7 nitrogen and oxygen atoms in total. The second kappa shape index (κ2) is 7.67. The first-order valence-corrected chi connectivity index (χ1v) is 9.68. The molecule has 0 saturated carbocycles. The standard InChI is InChI=1S/C21H24N4O3/c1-16-13-22-14-18(23-16)19(26)24-11-12-28-21(15-24)9-5-6-10-25(20(21)27)17-7-3-2-4-8-17/h2-4,7-8,13-14H,5-6,9-12,15H2,1H3. The summed E-state index contributed by atoms with van der Waals surface area (Å²) in [6, 6.07) is 9.65. The molecule has 1 atom stereocenters. The third kappa shape index (κ3) is 3.49. The number of aromatic nitrogens is 2. The van der Waals surface area contributed by atoms with E-state index in [0.29, 0.717) is 37.5 Å². The molecular weight excluding hydrogens is 356 g/mol. The third-order valence-electron chi connectivity index (χ3n) is 5.36. The van der Waals surface area contributed by atoms with Crippen LogP contribution in [0.1, 0.15) is 35.4 Å². The molecule has 2 saturated heterocycles. The van der Waals surface area contributed by atoms with Gasteiger partial charge in [0.2, 0.25) is 0 Å². The van der Waals surface area contributed by atoms with Gasteiger partial charge < -0.3 is 14.5 Å². The van der Waals surface area contributed by atoms with E-state index in [0.717, 1.165) is 18.5 Å². The van der Waals surface area contributed by atoms with Crippen molar-refractivity contribution in [2.24, 2.45) is 0 Å². The molecule has 4 rings (SSSR count). The fourth-order valence-corrected chi connectivity index (χ4v) is 3.96. The molecule has 0 N–H and O–H groups in total. The zero-order valence-electron chi connectivity index (χ0n) is 16.0. The maximum atomic E-state index is 13.5. The first kappa shape index (κ1) is 18.6. The van der Waals surface area contributed by atoms with Gasteiger partial charge in [-0.05, 0) is 38.3 Å². The van der Waals surface area contributed by atoms with E-state index in [9.17, 15) is 9.59 Å². The number of hydrogen-bond donors (Lipinski definition) is 0. The number of aryl methyl sites for hydroxylation is 1. The fraction of sp³-hybridized carbons (Fsp3) is 0.429. The van der Waals surface area contributed by atoms with E-state index in [1.165, 1.54) is 6.20 Å². The molecule has 1 spiro atoms. The number of nitrogens with zero attached hydrogens (tertiary/aromatic N) is 4. The van der Waals surface area contributed by atoms with Crippen LogP contribution in [0.25, 0.3) is 0 Å². The van der Waals surface area contributed by atoms with Gasteiger partial charge >= 0.3 is 0 Å². The number of carbonyl (C=O) groups excluding carboxylic acids is 2. The van der Waals surface area contributed by atoms with Crippen LogP contribution in [-0.2, 0) is 9.53 Å². The molecule has 1 aromatic heterocycles. The monoisotopic (exact) mass is 380 g/mol. The Balaban J connectivity index is 1.60. The second-order valence-corrected chi connectivity index (χ2v) is 7.36. The van der Waals surface area contributed by atoms with Gasteiger partial charge in [0.05, 0.1) is 25.0 Å². The Bertz CT molecular complexity index is 873. The average molecular weight is 380 g/mol. The molecule has 2 aliphatic rings. The zero-order chi connectivity index (χ0) is 19.6. The van der Waals surface area contributed by atoms with Crippen LogP contribution in [0.15, 0.2) is 42.7 Å². The van der Waals surface area contributed by atoms with Crippen LogP contribution in [-0.4, -0.2) is 58.5 Å². The zero-order valence-corrected chi connectivity index (χ0v) is 16.0. The van der Waals surface area contributed by atoms with Crippen molar-refractivity contribution in [1.82, 2.24) is 14.9 Å². The molecule has 1 aromatic carbocycles. The van der Waals surface area contributed by atoms with Gasteiger partial charge in [-0.25, -0.2) is 4.98 Å². The second-order valence-electron chi connectivity index (χ2n) is 7.36. The predicted octanol–water partition coefficient (Wildman–Crippen LogP) is 2.21. The van der Waals surface area contributed by atoms with Crippen LogP contribution in [0.3, 0.4) is 0 Å². The van der Waals surface area contributed by atoms with Crippen molar-refractivity contribution in [2.45, 2.75) is 31.8 Å². The topological polar surface area (TPSA) is 75.6 Å². The highest BCUT2D eigenvalue weighted by atomic mass is 16.5. The molecule has 0 aliphatic carbocycles. The van der Waals surface area contributed by atoms with Crippen molar-refractivity contribution in [3.05, 3.63) is 54.1 Å². The highest BCUT2D eigenvalue weighted by Crippen LogP contribution is 2.32. The van der Waals surface area contributed by atoms with Gasteiger partial charge in [0, 0.05) is 25.0 Å². The van der Waals surface area contributed by atoms with Crippen molar-refractivity contribution in [3.8, 4) is 0 Å². The van der Waals surface area contributed by atoms with Crippen LogP contribution >= 0.6 is 0 Å². The largest absolute Gasteiger partial charge is 0.361 e. The summed E-state index contributed by atoms with van der Waals surface area (Å²) in [4.78, 5) is 38.3. The number of anilines is 1. The van der Waals surface area contributed by atoms with Crippen LogP contribution in [0.2, 0.25) is 0 Å². The Hall–Kier alpha value is -2.80. The van der Waals surface area contributed by atoms with Gasteiger partial charge in [0.15, 0.2) is 5.60 Å². The number of para-hydroxylation sites is 1. The molecule has 2 amide bonds. The highest BCUT2D eigenvalue weighted by molar-refractivity contribution is 6.01. The van der Waals surface area contributed by atoms with Crippen LogP contribution < -0.4 is 4.90 Å². The summed E-state index contributed by atoms with van der Waals surface area (Å²) in [5.41, 5.74) is 0.857. The number of morpholine rings is 1. The maximum absolute atomic E-state index is 13.5. The van der Waals surface area contributed by atoms with Crippen molar-refractivity contribution in [3.63, 3.8) is 0 Å². The number of benzene rings is 1. The SMILES string of the molecule is Cc1cncc(C(=O)N2CCOC3(CCCCN(c4ccccc4)C3=O)C2)n1. The minimum atomic E-state index is -1.00. The lowest BCUT2D eigenvalue weighted by molar-refractivity contribution is -0.155. The Labute approximate surface area is 164 Å². The van der Waals surface area contributed by atoms with Crippen molar-refractivity contribution in [1.29, 1.82) is 0 Å². The number of ether oxygens (including phenoxy) is 1. The molecule has 0 bridgehead atoms. The molecule has 2 aromatic rings. The lowest BCUT2D eigenvalue weighted by atomic mass is 9.93. The minimum Gasteiger partial charge on any atom is -0.361 e. The summed E-state index contributed by atoms with van der Waals surface area (Å²) < 4.78 is 6.07. The quantitative estimate of drug-likeness (QED) is 0.799. The van der Waals surface area contributed by atoms with Crippen molar-refractivity contribution < 1.29 is 14.3 Å². The van der Waals surface area contributed by atoms with Gasteiger partial charge in [-0.3, -0.25) is 14.6 Å². The molecule has 146 valence electrons. The summed E-state index contributed by atoms with van der Waals surface area (Å²) in [6.07, 6.45) is 5.48. The van der Waals surface area contributed by atoms with Gasteiger partial charge in [-0.2, -0.15) is 0 Å². The van der Waals surface area contributed by atoms with Crippen molar-refractivity contribution in [2.75, 3.05) is 31.1 Å². The first-order chi connectivity index (χ1) is 13.6. The molecule has 2 fully saturated rings. The molecule has 7 heteroatoms.